The van der Waals surface area contributed by atoms with E-state index in [1.807, 2.05) is 37.3 Å². The molecule has 27 heavy (non-hydrogen) atoms. The lowest BCUT2D eigenvalue weighted by molar-refractivity contribution is -0.186. The van der Waals surface area contributed by atoms with Gasteiger partial charge >= 0.3 is 0 Å². The Bertz CT molecular complexity index is 627. The monoisotopic (exact) mass is 456 g/mol. The van der Waals surface area contributed by atoms with Crippen LogP contribution < -0.4 is 0 Å². The summed E-state index contributed by atoms with van der Waals surface area (Å²) >= 11 is 3.58. The van der Waals surface area contributed by atoms with Gasteiger partial charge in [0.2, 0.25) is 0 Å². The molecule has 0 amide bonds. The van der Waals surface area contributed by atoms with Crippen LogP contribution >= 0.6 is 15.9 Å². The average Bonchev–Trinajstić information content (AvgIpc) is 2.59. The summed E-state index contributed by atoms with van der Waals surface area (Å²) in [6, 6.07) is 8.09. The van der Waals surface area contributed by atoms with Gasteiger partial charge in [0.15, 0.2) is 14.6 Å². The average molecular weight is 457 g/mol. The third-order valence-corrected chi connectivity index (χ3v) is 10.5. The molecule has 0 aromatic heterocycles. The highest BCUT2D eigenvalue weighted by atomic mass is 79.9. The number of hydrogen-bond donors (Lipinski definition) is 0. The molecule has 152 valence electrons. The van der Waals surface area contributed by atoms with E-state index in [1.54, 1.807) is 0 Å². The van der Waals surface area contributed by atoms with Crippen molar-refractivity contribution in [3.05, 3.63) is 46.5 Å². The maximum Gasteiger partial charge on any atom is 0.192 e. The van der Waals surface area contributed by atoms with Gasteiger partial charge in [-0.15, -0.1) is 0 Å². The first-order valence-corrected chi connectivity index (χ1v) is 13.3. The molecule has 0 unspecified atom stereocenters. The van der Waals surface area contributed by atoms with E-state index < -0.39 is 8.32 Å². The van der Waals surface area contributed by atoms with Crippen LogP contribution in [0.4, 0.5) is 0 Å². The standard InChI is InChI=1S/C21H33BrO4Si/c1-7-23-20-13-12-18(24-14-16-10-8-9-11-17(16)22)19(26-20)15-25-27(5,6)21(2,3)4/h8-13,18-20H,7,14-15H2,1-6H3/t18-,19+,20-/m0/s1. The largest absolute Gasteiger partial charge is 0.414 e. The lowest BCUT2D eigenvalue weighted by Gasteiger charge is -2.39. The fourth-order valence-electron chi connectivity index (χ4n) is 2.48. The summed E-state index contributed by atoms with van der Waals surface area (Å²) < 4.78 is 25.4. The molecule has 0 aliphatic carbocycles. The number of hydrogen-bond acceptors (Lipinski definition) is 4. The minimum atomic E-state index is -1.86. The van der Waals surface area contributed by atoms with Crippen molar-refractivity contribution < 1.29 is 18.6 Å². The Hall–Kier alpha value is -0.503. The van der Waals surface area contributed by atoms with E-state index in [4.69, 9.17) is 18.6 Å². The first-order valence-electron chi connectivity index (χ1n) is 9.58. The topological polar surface area (TPSA) is 36.9 Å². The summed E-state index contributed by atoms with van der Waals surface area (Å²) in [5.41, 5.74) is 1.11. The third-order valence-electron chi connectivity index (χ3n) is 5.27. The Labute approximate surface area is 173 Å². The van der Waals surface area contributed by atoms with Gasteiger partial charge in [-0.1, -0.05) is 61.0 Å². The first kappa shape index (κ1) is 22.8. The van der Waals surface area contributed by atoms with E-state index in [2.05, 4.69) is 55.9 Å². The number of halogens is 1. The van der Waals surface area contributed by atoms with Crippen molar-refractivity contribution in [2.24, 2.45) is 0 Å². The van der Waals surface area contributed by atoms with Crippen LogP contribution in [0.5, 0.6) is 0 Å². The highest BCUT2D eigenvalue weighted by Gasteiger charge is 2.39. The van der Waals surface area contributed by atoms with Crippen molar-refractivity contribution in [1.29, 1.82) is 0 Å². The van der Waals surface area contributed by atoms with E-state index in [0.29, 0.717) is 19.8 Å². The van der Waals surface area contributed by atoms with Crippen molar-refractivity contribution in [2.75, 3.05) is 13.2 Å². The highest BCUT2D eigenvalue weighted by molar-refractivity contribution is 9.10. The zero-order chi connectivity index (χ0) is 20.1. The number of rotatable bonds is 8. The number of benzene rings is 1. The summed E-state index contributed by atoms with van der Waals surface area (Å²) in [6.45, 7) is 14.8. The molecule has 1 aliphatic rings. The fourth-order valence-corrected chi connectivity index (χ4v) is 3.90. The van der Waals surface area contributed by atoms with Crippen LogP contribution in [0.25, 0.3) is 0 Å². The molecule has 1 aliphatic heterocycles. The van der Waals surface area contributed by atoms with Crippen molar-refractivity contribution in [3.63, 3.8) is 0 Å². The predicted molar refractivity (Wildman–Crippen MR) is 115 cm³/mol. The van der Waals surface area contributed by atoms with Gasteiger partial charge in [0.05, 0.1) is 13.2 Å². The third kappa shape index (κ3) is 6.51. The molecule has 0 saturated carbocycles. The van der Waals surface area contributed by atoms with Crippen molar-refractivity contribution in [2.45, 2.75) is 70.9 Å². The smallest absolute Gasteiger partial charge is 0.192 e. The van der Waals surface area contributed by atoms with Gasteiger partial charge in [0.1, 0.15) is 12.2 Å². The zero-order valence-electron chi connectivity index (χ0n) is 17.3. The summed E-state index contributed by atoms with van der Waals surface area (Å²) in [5.74, 6) is 0. The lowest BCUT2D eigenvalue weighted by Crippen LogP contribution is -2.47. The van der Waals surface area contributed by atoms with Crippen LogP contribution in [-0.2, 0) is 25.2 Å². The molecule has 4 nitrogen and oxygen atoms in total. The Kier molecular flexibility index (Phi) is 8.28. The molecule has 3 atom stereocenters. The van der Waals surface area contributed by atoms with Gasteiger partial charge in [-0.3, -0.25) is 0 Å². The van der Waals surface area contributed by atoms with Gasteiger partial charge in [-0.2, -0.15) is 0 Å². The normalized spacial score (nSPS) is 23.6. The second-order valence-electron chi connectivity index (χ2n) is 8.32. The lowest BCUT2D eigenvalue weighted by atomic mass is 10.1. The molecule has 1 heterocycles. The predicted octanol–water partition coefficient (Wildman–Crippen LogP) is 5.67. The molecule has 0 fully saturated rings. The van der Waals surface area contributed by atoms with Crippen LogP contribution in [-0.4, -0.2) is 40.0 Å². The van der Waals surface area contributed by atoms with Gasteiger partial charge in [0.25, 0.3) is 0 Å². The molecule has 0 saturated heterocycles. The van der Waals surface area contributed by atoms with E-state index in [1.165, 1.54) is 0 Å². The molecule has 0 bridgehead atoms. The Balaban J connectivity index is 2.05. The second kappa shape index (κ2) is 9.81. The van der Waals surface area contributed by atoms with Crippen LogP contribution in [0.3, 0.4) is 0 Å². The molecule has 0 spiro atoms. The molecule has 0 N–H and O–H groups in total. The van der Waals surface area contributed by atoms with E-state index >= 15 is 0 Å². The quantitative estimate of drug-likeness (QED) is 0.372. The summed E-state index contributed by atoms with van der Waals surface area (Å²) in [6.07, 6.45) is 3.27. The minimum absolute atomic E-state index is 0.155. The molecule has 1 aromatic carbocycles. The van der Waals surface area contributed by atoms with Crippen LogP contribution in [0, 0.1) is 0 Å². The molecule has 1 aromatic rings. The van der Waals surface area contributed by atoms with Crippen molar-refractivity contribution in [1.82, 2.24) is 0 Å². The van der Waals surface area contributed by atoms with E-state index in [9.17, 15) is 0 Å². The summed E-state index contributed by atoms with van der Waals surface area (Å²) in [5, 5.41) is 0.155. The van der Waals surface area contributed by atoms with Crippen LogP contribution in [0.2, 0.25) is 18.1 Å². The fraction of sp³-hybridized carbons (Fsp3) is 0.619. The molecular weight excluding hydrogens is 424 g/mol. The minimum Gasteiger partial charge on any atom is -0.414 e. The first-order chi connectivity index (χ1) is 12.6. The summed E-state index contributed by atoms with van der Waals surface area (Å²) in [7, 11) is -1.86. The second-order valence-corrected chi connectivity index (χ2v) is 14.0. The maximum atomic E-state index is 6.40. The van der Waals surface area contributed by atoms with Gasteiger partial charge in [-0.25, -0.2) is 0 Å². The van der Waals surface area contributed by atoms with Gasteiger partial charge in [-0.05, 0) is 42.8 Å². The van der Waals surface area contributed by atoms with Gasteiger partial charge in [0, 0.05) is 11.1 Å². The SMILES string of the molecule is CCO[C@@H]1C=C[C@H](OCc2ccccc2Br)[C@@H](CO[Si](C)(C)C(C)(C)C)O1. The number of ether oxygens (including phenoxy) is 3. The molecule has 0 radical (unpaired) electrons. The highest BCUT2D eigenvalue weighted by Crippen LogP contribution is 2.37. The van der Waals surface area contributed by atoms with Crippen molar-refractivity contribution in [3.8, 4) is 0 Å². The molecular formula is C21H33BrO4Si. The Morgan fingerprint density at radius 2 is 1.81 bits per heavy atom. The summed E-state index contributed by atoms with van der Waals surface area (Å²) in [4.78, 5) is 0. The Morgan fingerprint density at radius 1 is 1.11 bits per heavy atom. The van der Waals surface area contributed by atoms with Crippen molar-refractivity contribution >= 4 is 24.2 Å². The van der Waals surface area contributed by atoms with E-state index in [-0.39, 0.29) is 23.5 Å². The molecule has 2 rings (SSSR count). The van der Waals surface area contributed by atoms with E-state index in [0.717, 1.165) is 10.0 Å². The van der Waals surface area contributed by atoms with Crippen LogP contribution in [0.1, 0.15) is 33.3 Å². The van der Waals surface area contributed by atoms with Gasteiger partial charge < -0.3 is 18.6 Å². The zero-order valence-corrected chi connectivity index (χ0v) is 19.9. The maximum absolute atomic E-state index is 6.40. The Morgan fingerprint density at radius 3 is 2.44 bits per heavy atom. The molecule has 6 heteroatoms. The van der Waals surface area contributed by atoms with Crippen LogP contribution in [0.15, 0.2) is 40.9 Å².